The zero-order chi connectivity index (χ0) is 14.4. The zero-order valence-corrected chi connectivity index (χ0v) is 12.4. The third-order valence-corrected chi connectivity index (χ3v) is 4.04. The number of ether oxygens (including phenoxy) is 1. The first-order valence-electron chi connectivity index (χ1n) is 7.58. The van der Waals surface area contributed by atoms with E-state index in [1.807, 2.05) is 0 Å². The van der Waals surface area contributed by atoms with Gasteiger partial charge in [-0.25, -0.2) is 4.39 Å². The highest BCUT2D eigenvalue weighted by Crippen LogP contribution is 2.14. The molecule has 2 unspecified atom stereocenters. The van der Waals surface area contributed by atoms with Crippen molar-refractivity contribution in [3.05, 3.63) is 30.1 Å². The number of hydrogen-bond donors (Lipinski definition) is 1. The van der Waals surface area contributed by atoms with Crippen LogP contribution in [0.4, 0.5) is 4.39 Å². The van der Waals surface area contributed by atoms with E-state index >= 15 is 0 Å². The first-order chi connectivity index (χ1) is 9.72. The smallest absolute Gasteiger partial charge is 0.123 e. The maximum Gasteiger partial charge on any atom is 0.123 e. The number of nitrogens with one attached hydrogen (secondary N) is 1. The molecule has 0 aromatic heterocycles. The number of hydrogen-bond acceptors (Lipinski definition) is 3. The molecular formula is C16H25FN2O. The van der Waals surface area contributed by atoms with E-state index in [4.69, 9.17) is 4.74 Å². The molecule has 1 N–H and O–H groups in total. The van der Waals surface area contributed by atoms with Gasteiger partial charge in [-0.2, -0.15) is 0 Å². The zero-order valence-electron chi connectivity index (χ0n) is 12.4. The van der Waals surface area contributed by atoms with E-state index in [0.717, 1.165) is 38.2 Å². The summed E-state index contributed by atoms with van der Waals surface area (Å²) in [6, 6.07) is 7.40. The first kappa shape index (κ1) is 15.3. The van der Waals surface area contributed by atoms with Crippen molar-refractivity contribution >= 4 is 0 Å². The van der Waals surface area contributed by atoms with Gasteiger partial charge in [-0.15, -0.1) is 0 Å². The van der Waals surface area contributed by atoms with Gasteiger partial charge in [-0.1, -0.05) is 13.8 Å². The Balaban J connectivity index is 1.80. The molecule has 0 saturated carbocycles. The van der Waals surface area contributed by atoms with Gasteiger partial charge >= 0.3 is 0 Å². The molecular weight excluding hydrogens is 255 g/mol. The summed E-state index contributed by atoms with van der Waals surface area (Å²) in [4.78, 5) is 2.51. The van der Waals surface area contributed by atoms with E-state index in [0.29, 0.717) is 18.7 Å². The van der Waals surface area contributed by atoms with Gasteiger partial charge in [-0.05, 0) is 37.1 Å². The Hall–Kier alpha value is -1.13. The van der Waals surface area contributed by atoms with E-state index < -0.39 is 0 Å². The molecule has 3 nitrogen and oxygen atoms in total. The second kappa shape index (κ2) is 7.60. The summed E-state index contributed by atoms with van der Waals surface area (Å²) in [5.41, 5.74) is 0. The van der Waals surface area contributed by atoms with Crippen LogP contribution in [-0.4, -0.2) is 43.2 Å². The van der Waals surface area contributed by atoms with Crippen LogP contribution in [0.15, 0.2) is 24.3 Å². The Morgan fingerprint density at radius 2 is 2.00 bits per heavy atom. The maximum absolute atomic E-state index is 12.8. The number of rotatable bonds is 6. The van der Waals surface area contributed by atoms with Crippen molar-refractivity contribution in [2.45, 2.75) is 38.8 Å². The lowest BCUT2D eigenvalue weighted by molar-refractivity contribution is 0.105. The van der Waals surface area contributed by atoms with Crippen molar-refractivity contribution in [1.29, 1.82) is 0 Å². The van der Waals surface area contributed by atoms with Crippen LogP contribution in [0.2, 0.25) is 0 Å². The summed E-state index contributed by atoms with van der Waals surface area (Å²) >= 11 is 0. The van der Waals surface area contributed by atoms with Crippen LogP contribution in [0.25, 0.3) is 0 Å². The largest absolute Gasteiger partial charge is 0.492 e. The van der Waals surface area contributed by atoms with Gasteiger partial charge in [0.15, 0.2) is 0 Å². The molecule has 2 rings (SSSR count). The Kier molecular flexibility index (Phi) is 5.80. The molecule has 1 aromatic rings. The van der Waals surface area contributed by atoms with E-state index in [9.17, 15) is 4.39 Å². The SMILES string of the molecule is CCC1CN(CCOc2ccc(F)cc2)C(CC)CN1. The van der Waals surface area contributed by atoms with Crippen LogP contribution >= 0.6 is 0 Å². The molecule has 0 bridgehead atoms. The molecule has 112 valence electrons. The molecule has 0 radical (unpaired) electrons. The van der Waals surface area contributed by atoms with Crippen LogP contribution in [0, 0.1) is 5.82 Å². The normalized spacial score (nSPS) is 23.8. The highest BCUT2D eigenvalue weighted by Gasteiger charge is 2.25. The Bertz CT molecular complexity index is 396. The van der Waals surface area contributed by atoms with Crippen molar-refractivity contribution in [3.63, 3.8) is 0 Å². The lowest BCUT2D eigenvalue weighted by Gasteiger charge is -2.39. The first-order valence-corrected chi connectivity index (χ1v) is 7.58. The highest BCUT2D eigenvalue weighted by atomic mass is 19.1. The Labute approximate surface area is 121 Å². The monoisotopic (exact) mass is 280 g/mol. The molecule has 1 aliphatic rings. The third-order valence-electron chi connectivity index (χ3n) is 4.04. The van der Waals surface area contributed by atoms with Gasteiger partial charge in [-0.3, -0.25) is 4.90 Å². The molecule has 1 fully saturated rings. The van der Waals surface area contributed by atoms with E-state index in [2.05, 4.69) is 24.1 Å². The molecule has 4 heteroatoms. The summed E-state index contributed by atoms with van der Waals surface area (Å²) in [7, 11) is 0. The van der Waals surface area contributed by atoms with Gasteiger partial charge in [0, 0.05) is 31.7 Å². The predicted molar refractivity (Wildman–Crippen MR) is 79.6 cm³/mol. The third kappa shape index (κ3) is 4.18. The Morgan fingerprint density at radius 1 is 1.25 bits per heavy atom. The number of piperazine rings is 1. The highest BCUT2D eigenvalue weighted by molar-refractivity contribution is 5.21. The van der Waals surface area contributed by atoms with Crippen molar-refractivity contribution < 1.29 is 9.13 Å². The minimum absolute atomic E-state index is 0.226. The molecule has 0 spiro atoms. The van der Waals surface area contributed by atoms with Crippen LogP contribution in [0.1, 0.15) is 26.7 Å². The minimum atomic E-state index is -0.226. The van der Waals surface area contributed by atoms with Crippen LogP contribution in [-0.2, 0) is 0 Å². The van der Waals surface area contributed by atoms with Gasteiger partial charge in [0.25, 0.3) is 0 Å². The summed E-state index contributed by atoms with van der Waals surface area (Å²) in [6.45, 7) is 8.17. The lowest BCUT2D eigenvalue weighted by Crippen LogP contribution is -2.56. The van der Waals surface area contributed by atoms with Crippen molar-refractivity contribution in [2.24, 2.45) is 0 Å². The molecule has 1 saturated heterocycles. The second-order valence-corrected chi connectivity index (χ2v) is 5.37. The molecule has 0 amide bonds. The van der Waals surface area contributed by atoms with E-state index in [1.165, 1.54) is 12.1 Å². The molecule has 1 aliphatic heterocycles. The fraction of sp³-hybridized carbons (Fsp3) is 0.625. The van der Waals surface area contributed by atoms with Gasteiger partial charge < -0.3 is 10.1 Å². The number of benzene rings is 1. The van der Waals surface area contributed by atoms with Crippen molar-refractivity contribution in [3.8, 4) is 5.75 Å². The molecule has 20 heavy (non-hydrogen) atoms. The standard InChI is InChI=1S/C16H25FN2O/c1-3-14-12-19(15(4-2)11-18-14)9-10-20-16-7-5-13(17)6-8-16/h5-8,14-15,18H,3-4,9-12H2,1-2H3. The van der Waals surface area contributed by atoms with Crippen molar-refractivity contribution in [2.75, 3.05) is 26.2 Å². The Morgan fingerprint density at radius 3 is 2.65 bits per heavy atom. The van der Waals surface area contributed by atoms with Gasteiger partial charge in [0.1, 0.15) is 18.2 Å². The van der Waals surface area contributed by atoms with E-state index in [-0.39, 0.29) is 5.82 Å². The van der Waals surface area contributed by atoms with Gasteiger partial charge in [0.2, 0.25) is 0 Å². The lowest BCUT2D eigenvalue weighted by atomic mass is 10.1. The topological polar surface area (TPSA) is 24.5 Å². The minimum Gasteiger partial charge on any atom is -0.492 e. The fourth-order valence-corrected chi connectivity index (χ4v) is 2.69. The van der Waals surface area contributed by atoms with Crippen LogP contribution in [0.3, 0.4) is 0 Å². The average Bonchev–Trinajstić information content (AvgIpc) is 2.49. The van der Waals surface area contributed by atoms with Crippen molar-refractivity contribution in [1.82, 2.24) is 10.2 Å². The molecule has 2 atom stereocenters. The predicted octanol–water partition coefficient (Wildman–Crippen LogP) is 2.67. The van der Waals surface area contributed by atoms with E-state index in [1.54, 1.807) is 12.1 Å². The van der Waals surface area contributed by atoms with Crippen LogP contribution in [0.5, 0.6) is 5.75 Å². The van der Waals surface area contributed by atoms with Gasteiger partial charge in [0.05, 0.1) is 0 Å². The summed E-state index contributed by atoms with van der Waals surface area (Å²) in [6.07, 6.45) is 2.31. The maximum atomic E-state index is 12.8. The number of nitrogens with zero attached hydrogens (tertiary/aromatic N) is 1. The van der Waals surface area contributed by atoms with Crippen LogP contribution < -0.4 is 10.1 Å². The average molecular weight is 280 g/mol. The summed E-state index contributed by atoms with van der Waals surface area (Å²) in [5, 5.41) is 3.59. The molecule has 1 heterocycles. The quantitative estimate of drug-likeness (QED) is 0.867. The molecule has 1 aromatic carbocycles. The fourth-order valence-electron chi connectivity index (χ4n) is 2.69. The summed E-state index contributed by atoms with van der Waals surface area (Å²) < 4.78 is 18.5. The summed E-state index contributed by atoms with van der Waals surface area (Å²) in [5.74, 6) is 0.512. The number of halogens is 1. The molecule has 0 aliphatic carbocycles. The second-order valence-electron chi connectivity index (χ2n) is 5.37.